The summed E-state index contributed by atoms with van der Waals surface area (Å²) in [4.78, 5) is 4.24. The molecule has 0 aliphatic carbocycles. The van der Waals surface area contributed by atoms with Crippen LogP contribution < -0.4 is 15.4 Å². The molecule has 5 nitrogen and oxygen atoms in total. The molecule has 2 aromatic rings. The highest BCUT2D eigenvalue weighted by Gasteiger charge is 2.07. The van der Waals surface area contributed by atoms with E-state index in [2.05, 4.69) is 27.8 Å². The number of hydrogen-bond donors (Lipinski definition) is 2. The molecule has 2 N–H and O–H groups in total. The largest absolute Gasteiger partial charge is 0.489 e. The topological polar surface area (TPSA) is 54.9 Å². The van der Waals surface area contributed by atoms with Crippen molar-refractivity contribution in [3.8, 4) is 5.75 Å². The summed E-state index contributed by atoms with van der Waals surface area (Å²) in [5.41, 5.74) is 2.33. The van der Waals surface area contributed by atoms with Crippen LogP contribution in [0.4, 0.5) is 4.39 Å². The van der Waals surface area contributed by atoms with Gasteiger partial charge < -0.3 is 20.1 Å². The number of rotatable bonds is 9. The van der Waals surface area contributed by atoms with Crippen LogP contribution in [-0.2, 0) is 17.9 Å². The minimum atomic E-state index is -0.276. The fourth-order valence-corrected chi connectivity index (χ4v) is 2.51. The van der Waals surface area contributed by atoms with Crippen LogP contribution in [0, 0.1) is 5.82 Å². The maximum Gasteiger partial charge on any atom is 0.191 e. The second-order valence-corrected chi connectivity index (χ2v) is 6.09. The summed E-state index contributed by atoms with van der Waals surface area (Å²) in [7, 11) is 1.73. The molecule has 27 heavy (non-hydrogen) atoms. The fourth-order valence-electron chi connectivity index (χ4n) is 2.51. The van der Waals surface area contributed by atoms with Crippen molar-refractivity contribution in [2.75, 3.05) is 20.2 Å². The van der Waals surface area contributed by atoms with Crippen molar-refractivity contribution in [2.45, 2.75) is 33.1 Å². The molecular weight excluding hydrogens is 345 g/mol. The Bertz CT molecular complexity index is 720. The van der Waals surface area contributed by atoms with E-state index in [1.165, 1.54) is 17.7 Å². The Morgan fingerprint density at radius 1 is 1.07 bits per heavy atom. The number of guanidine groups is 1. The minimum absolute atomic E-state index is 0.0979. The van der Waals surface area contributed by atoms with Crippen molar-refractivity contribution in [3.05, 3.63) is 65.5 Å². The van der Waals surface area contributed by atoms with Crippen LogP contribution in [0.2, 0.25) is 0 Å². The van der Waals surface area contributed by atoms with E-state index < -0.39 is 0 Å². The van der Waals surface area contributed by atoms with E-state index in [0.29, 0.717) is 38.0 Å². The van der Waals surface area contributed by atoms with Crippen molar-refractivity contribution in [3.63, 3.8) is 0 Å². The Kier molecular flexibility index (Phi) is 8.58. The molecule has 0 spiro atoms. The number of halogens is 1. The highest BCUT2D eigenvalue weighted by molar-refractivity contribution is 5.79. The number of aliphatic imine (C=N–C) groups is 1. The van der Waals surface area contributed by atoms with E-state index in [9.17, 15) is 4.39 Å². The quantitative estimate of drug-likeness (QED) is 0.522. The lowest BCUT2D eigenvalue weighted by Crippen LogP contribution is -2.41. The van der Waals surface area contributed by atoms with Crippen molar-refractivity contribution in [1.29, 1.82) is 0 Å². The number of nitrogens with one attached hydrogen (secondary N) is 2. The predicted molar refractivity (Wildman–Crippen MR) is 106 cm³/mol. The summed E-state index contributed by atoms with van der Waals surface area (Å²) in [5.74, 6) is 1.05. The predicted octanol–water partition coefficient (Wildman–Crippen LogP) is 3.49. The summed E-state index contributed by atoms with van der Waals surface area (Å²) >= 11 is 0. The van der Waals surface area contributed by atoms with E-state index in [4.69, 9.17) is 9.47 Å². The molecule has 0 bridgehead atoms. The third-order valence-corrected chi connectivity index (χ3v) is 3.96. The van der Waals surface area contributed by atoms with Crippen LogP contribution >= 0.6 is 0 Å². The first-order valence-electron chi connectivity index (χ1n) is 9.13. The molecule has 0 amide bonds. The third-order valence-electron chi connectivity index (χ3n) is 3.96. The summed E-state index contributed by atoms with van der Waals surface area (Å²) in [6, 6.07) is 14.2. The maximum atomic E-state index is 12.9. The molecule has 2 aromatic carbocycles. The van der Waals surface area contributed by atoms with Gasteiger partial charge in [-0.25, -0.2) is 4.39 Å². The summed E-state index contributed by atoms with van der Waals surface area (Å²) < 4.78 is 24.2. The molecule has 0 heterocycles. The molecule has 0 aromatic heterocycles. The van der Waals surface area contributed by atoms with Gasteiger partial charge in [-0.1, -0.05) is 24.3 Å². The lowest BCUT2D eigenvalue weighted by atomic mass is 10.1. The van der Waals surface area contributed by atoms with E-state index in [1.54, 1.807) is 19.2 Å². The highest BCUT2D eigenvalue weighted by Crippen LogP contribution is 2.13. The molecule has 0 saturated heterocycles. The smallest absolute Gasteiger partial charge is 0.191 e. The van der Waals surface area contributed by atoms with E-state index in [1.807, 2.05) is 26.0 Å². The number of ether oxygens (including phenoxy) is 2. The maximum absolute atomic E-state index is 12.9. The molecule has 0 fully saturated rings. The van der Waals surface area contributed by atoms with Crippen molar-refractivity contribution < 1.29 is 13.9 Å². The van der Waals surface area contributed by atoms with Gasteiger partial charge in [0.25, 0.3) is 0 Å². The first-order valence-corrected chi connectivity index (χ1v) is 9.13. The summed E-state index contributed by atoms with van der Waals surface area (Å²) in [6.07, 6.45) is -0.0979. The molecule has 6 heteroatoms. The van der Waals surface area contributed by atoms with Gasteiger partial charge in [-0.2, -0.15) is 0 Å². The Hall–Kier alpha value is -2.60. The highest BCUT2D eigenvalue weighted by atomic mass is 19.1. The summed E-state index contributed by atoms with van der Waals surface area (Å²) in [6.45, 7) is 6.44. The van der Waals surface area contributed by atoms with Crippen molar-refractivity contribution in [1.82, 2.24) is 10.6 Å². The second kappa shape index (κ2) is 11.2. The van der Waals surface area contributed by atoms with Crippen molar-refractivity contribution in [2.24, 2.45) is 4.99 Å². The molecule has 0 aliphatic rings. The lowest BCUT2D eigenvalue weighted by molar-refractivity contribution is 0.133. The van der Waals surface area contributed by atoms with Gasteiger partial charge in [0, 0.05) is 20.2 Å². The summed E-state index contributed by atoms with van der Waals surface area (Å²) in [5, 5.41) is 6.55. The van der Waals surface area contributed by atoms with Crippen LogP contribution in [0.3, 0.4) is 0 Å². The molecule has 0 radical (unpaired) electrons. The second-order valence-electron chi connectivity index (χ2n) is 6.09. The number of benzene rings is 2. The SMILES string of the molecule is CCOCc1ccccc1CNC(=NC)NCC(C)Oc1ccc(F)cc1. The van der Waals surface area contributed by atoms with Gasteiger partial charge in [-0.3, -0.25) is 4.99 Å². The monoisotopic (exact) mass is 373 g/mol. The average Bonchev–Trinajstić information content (AvgIpc) is 2.69. The normalized spacial score (nSPS) is 12.5. The molecule has 0 saturated carbocycles. The molecule has 0 aliphatic heterocycles. The van der Waals surface area contributed by atoms with Crippen LogP contribution in [0.25, 0.3) is 0 Å². The number of hydrogen-bond acceptors (Lipinski definition) is 3. The van der Waals surface area contributed by atoms with E-state index in [-0.39, 0.29) is 11.9 Å². The standard InChI is InChI=1S/C21H28FN3O2/c1-4-26-15-18-8-6-5-7-17(18)14-25-21(23-3)24-13-16(2)27-20-11-9-19(22)10-12-20/h5-12,16H,4,13-15H2,1-3H3,(H2,23,24,25). The Morgan fingerprint density at radius 3 is 2.44 bits per heavy atom. The Morgan fingerprint density at radius 2 is 1.78 bits per heavy atom. The number of nitrogens with zero attached hydrogens (tertiary/aromatic N) is 1. The minimum Gasteiger partial charge on any atom is -0.489 e. The lowest BCUT2D eigenvalue weighted by Gasteiger charge is -2.18. The Balaban J connectivity index is 1.81. The van der Waals surface area contributed by atoms with Gasteiger partial charge in [-0.15, -0.1) is 0 Å². The zero-order chi connectivity index (χ0) is 19.5. The van der Waals surface area contributed by atoms with Crippen LogP contribution in [0.1, 0.15) is 25.0 Å². The van der Waals surface area contributed by atoms with Crippen LogP contribution in [0.15, 0.2) is 53.5 Å². The van der Waals surface area contributed by atoms with Gasteiger partial charge >= 0.3 is 0 Å². The molecule has 146 valence electrons. The first kappa shape index (κ1) is 20.7. The molecule has 1 atom stereocenters. The third kappa shape index (κ3) is 7.27. The zero-order valence-corrected chi connectivity index (χ0v) is 16.2. The van der Waals surface area contributed by atoms with Crippen LogP contribution in [-0.4, -0.2) is 32.3 Å². The van der Waals surface area contributed by atoms with Gasteiger partial charge in [0.15, 0.2) is 5.96 Å². The molecule has 1 unspecified atom stereocenters. The average molecular weight is 373 g/mol. The fraction of sp³-hybridized carbons (Fsp3) is 0.381. The van der Waals surface area contributed by atoms with Crippen molar-refractivity contribution >= 4 is 5.96 Å². The van der Waals surface area contributed by atoms with E-state index in [0.717, 1.165) is 5.56 Å². The van der Waals surface area contributed by atoms with Gasteiger partial charge in [0.2, 0.25) is 0 Å². The first-order chi connectivity index (χ1) is 13.1. The van der Waals surface area contributed by atoms with Gasteiger partial charge in [-0.05, 0) is 49.2 Å². The van der Waals surface area contributed by atoms with Gasteiger partial charge in [0.1, 0.15) is 17.7 Å². The van der Waals surface area contributed by atoms with Gasteiger partial charge in [0.05, 0.1) is 13.2 Å². The molecule has 2 rings (SSSR count). The zero-order valence-electron chi connectivity index (χ0n) is 16.2. The van der Waals surface area contributed by atoms with E-state index >= 15 is 0 Å². The van der Waals surface area contributed by atoms with Crippen LogP contribution in [0.5, 0.6) is 5.75 Å². The Labute approximate surface area is 160 Å². The molecular formula is C21H28FN3O2.